The van der Waals surface area contributed by atoms with Gasteiger partial charge in [0.2, 0.25) is 0 Å². The number of nitrogens with zero attached hydrogens (tertiary/aromatic N) is 1. The van der Waals surface area contributed by atoms with Crippen molar-refractivity contribution in [2.24, 2.45) is 0 Å². The van der Waals surface area contributed by atoms with Gasteiger partial charge in [0.25, 0.3) is 0 Å². The average Bonchev–Trinajstić information content (AvgIpc) is 2.30. The second-order valence-corrected chi connectivity index (χ2v) is 4.47. The number of likely N-dealkylation sites (N-methyl/N-ethyl adjacent to an activating group) is 1. The lowest BCUT2D eigenvalue weighted by atomic mass is 10.1. The molecular formula is C12H26N2O2. The molecule has 0 aliphatic carbocycles. The highest BCUT2D eigenvalue weighted by Gasteiger charge is 2.21. The number of likely N-dealkylation sites (tertiary alicyclic amines) is 1. The zero-order valence-electron chi connectivity index (χ0n) is 10.9. The third-order valence-corrected chi connectivity index (χ3v) is 3.13. The van der Waals surface area contributed by atoms with Crippen molar-refractivity contribution in [3.8, 4) is 0 Å². The standard InChI is InChI=1S/C12H26N2O2/c1-4-13-11(10-15-2)8-14-7-5-6-12(9-14)16-3/h11-13H,4-10H2,1-3H3. The minimum Gasteiger partial charge on any atom is -0.383 e. The third-order valence-electron chi connectivity index (χ3n) is 3.13. The Morgan fingerprint density at radius 1 is 1.44 bits per heavy atom. The number of methoxy groups -OCH3 is 2. The van der Waals surface area contributed by atoms with Gasteiger partial charge in [-0.2, -0.15) is 0 Å². The number of piperidine rings is 1. The molecule has 4 heteroatoms. The van der Waals surface area contributed by atoms with Crippen molar-refractivity contribution in [1.82, 2.24) is 10.2 Å². The summed E-state index contributed by atoms with van der Waals surface area (Å²) in [6.07, 6.45) is 2.85. The minimum atomic E-state index is 0.415. The van der Waals surface area contributed by atoms with Crippen LogP contribution in [0.3, 0.4) is 0 Å². The lowest BCUT2D eigenvalue weighted by molar-refractivity contribution is 0.0238. The Balaban J connectivity index is 2.31. The fraction of sp³-hybridized carbons (Fsp3) is 1.00. The molecule has 0 spiro atoms. The van der Waals surface area contributed by atoms with E-state index in [0.29, 0.717) is 12.1 Å². The molecule has 1 heterocycles. The van der Waals surface area contributed by atoms with Crippen LogP contribution in [0.25, 0.3) is 0 Å². The summed E-state index contributed by atoms with van der Waals surface area (Å²) >= 11 is 0. The van der Waals surface area contributed by atoms with Crippen LogP contribution in [0.2, 0.25) is 0 Å². The van der Waals surface area contributed by atoms with Crippen LogP contribution in [0.5, 0.6) is 0 Å². The van der Waals surface area contributed by atoms with Crippen LogP contribution in [-0.2, 0) is 9.47 Å². The van der Waals surface area contributed by atoms with Crippen LogP contribution in [0.1, 0.15) is 19.8 Å². The van der Waals surface area contributed by atoms with E-state index in [9.17, 15) is 0 Å². The van der Waals surface area contributed by atoms with Gasteiger partial charge in [0.1, 0.15) is 0 Å². The molecule has 96 valence electrons. The summed E-state index contributed by atoms with van der Waals surface area (Å²) in [6.45, 7) is 7.21. The Morgan fingerprint density at radius 2 is 2.25 bits per heavy atom. The topological polar surface area (TPSA) is 33.7 Å². The van der Waals surface area contributed by atoms with Crippen molar-refractivity contribution in [3.05, 3.63) is 0 Å². The molecule has 0 bridgehead atoms. The molecule has 1 aliphatic heterocycles. The lowest BCUT2D eigenvalue weighted by Gasteiger charge is -2.34. The van der Waals surface area contributed by atoms with E-state index >= 15 is 0 Å². The van der Waals surface area contributed by atoms with Crippen molar-refractivity contribution in [2.45, 2.75) is 31.9 Å². The van der Waals surface area contributed by atoms with Gasteiger partial charge in [-0.1, -0.05) is 6.92 Å². The third kappa shape index (κ3) is 4.78. The number of hydrogen-bond donors (Lipinski definition) is 1. The number of rotatable bonds is 7. The van der Waals surface area contributed by atoms with E-state index in [4.69, 9.17) is 9.47 Å². The van der Waals surface area contributed by atoms with E-state index in [1.54, 1.807) is 7.11 Å². The summed E-state index contributed by atoms with van der Waals surface area (Å²) in [5, 5.41) is 3.46. The predicted molar refractivity (Wildman–Crippen MR) is 65.8 cm³/mol. The fourth-order valence-corrected chi connectivity index (χ4v) is 2.35. The first-order valence-corrected chi connectivity index (χ1v) is 6.27. The maximum atomic E-state index is 5.43. The molecule has 2 unspecified atom stereocenters. The van der Waals surface area contributed by atoms with Gasteiger partial charge in [-0.15, -0.1) is 0 Å². The van der Waals surface area contributed by atoms with Gasteiger partial charge in [-0.05, 0) is 25.9 Å². The smallest absolute Gasteiger partial charge is 0.0698 e. The second-order valence-electron chi connectivity index (χ2n) is 4.47. The molecule has 4 nitrogen and oxygen atoms in total. The first-order valence-electron chi connectivity index (χ1n) is 6.27. The second kappa shape index (κ2) is 8.01. The monoisotopic (exact) mass is 230 g/mol. The van der Waals surface area contributed by atoms with Gasteiger partial charge in [-0.25, -0.2) is 0 Å². The van der Waals surface area contributed by atoms with E-state index in [1.165, 1.54) is 19.4 Å². The molecule has 2 atom stereocenters. The molecule has 1 fully saturated rings. The molecule has 0 aromatic heterocycles. The van der Waals surface area contributed by atoms with Crippen molar-refractivity contribution in [1.29, 1.82) is 0 Å². The maximum Gasteiger partial charge on any atom is 0.0698 e. The number of ether oxygens (including phenoxy) is 2. The molecular weight excluding hydrogens is 204 g/mol. The lowest BCUT2D eigenvalue weighted by Crippen LogP contribution is -2.48. The summed E-state index contributed by atoms with van der Waals surface area (Å²) in [5.74, 6) is 0. The fourth-order valence-electron chi connectivity index (χ4n) is 2.35. The Hall–Kier alpha value is -0.160. The Kier molecular flexibility index (Phi) is 6.96. The number of nitrogens with one attached hydrogen (secondary N) is 1. The van der Waals surface area contributed by atoms with Crippen LogP contribution in [0.15, 0.2) is 0 Å². The molecule has 0 aromatic carbocycles. The highest BCUT2D eigenvalue weighted by molar-refractivity contribution is 4.78. The van der Waals surface area contributed by atoms with E-state index in [-0.39, 0.29) is 0 Å². The first kappa shape index (κ1) is 13.9. The molecule has 0 radical (unpaired) electrons. The molecule has 0 amide bonds. The predicted octanol–water partition coefficient (Wildman–Crippen LogP) is 0.722. The van der Waals surface area contributed by atoms with Crippen LogP contribution in [0, 0.1) is 0 Å². The van der Waals surface area contributed by atoms with Crippen LogP contribution in [0.4, 0.5) is 0 Å². The van der Waals surface area contributed by atoms with Gasteiger partial charge in [0.15, 0.2) is 0 Å². The summed E-state index contributed by atoms with van der Waals surface area (Å²) in [6, 6.07) is 0.436. The molecule has 0 aromatic rings. The number of hydrogen-bond acceptors (Lipinski definition) is 4. The molecule has 1 rings (SSSR count). The van der Waals surface area contributed by atoms with Crippen LogP contribution in [-0.4, -0.2) is 64.1 Å². The minimum absolute atomic E-state index is 0.415. The summed E-state index contributed by atoms with van der Waals surface area (Å²) in [4.78, 5) is 2.48. The summed E-state index contributed by atoms with van der Waals surface area (Å²) in [5.41, 5.74) is 0. The van der Waals surface area contributed by atoms with Crippen molar-refractivity contribution < 1.29 is 9.47 Å². The van der Waals surface area contributed by atoms with E-state index < -0.39 is 0 Å². The van der Waals surface area contributed by atoms with Crippen LogP contribution >= 0.6 is 0 Å². The van der Waals surface area contributed by atoms with Crippen molar-refractivity contribution in [3.63, 3.8) is 0 Å². The van der Waals surface area contributed by atoms with Crippen molar-refractivity contribution in [2.75, 3.05) is 47.0 Å². The van der Waals surface area contributed by atoms with Gasteiger partial charge < -0.3 is 14.8 Å². The van der Waals surface area contributed by atoms with Gasteiger partial charge in [0, 0.05) is 33.4 Å². The molecule has 0 saturated carbocycles. The van der Waals surface area contributed by atoms with Gasteiger partial charge in [0.05, 0.1) is 12.7 Å². The normalized spacial score (nSPS) is 24.6. The highest BCUT2D eigenvalue weighted by atomic mass is 16.5. The highest BCUT2D eigenvalue weighted by Crippen LogP contribution is 2.12. The Labute approximate surface area is 99.3 Å². The molecule has 1 saturated heterocycles. The first-order chi connectivity index (χ1) is 7.80. The Bertz CT molecular complexity index is 172. The van der Waals surface area contributed by atoms with Crippen molar-refractivity contribution >= 4 is 0 Å². The van der Waals surface area contributed by atoms with E-state index in [0.717, 1.165) is 26.2 Å². The van der Waals surface area contributed by atoms with E-state index in [1.807, 2.05) is 7.11 Å². The van der Waals surface area contributed by atoms with Gasteiger partial charge >= 0.3 is 0 Å². The molecule has 1 aliphatic rings. The SMILES string of the molecule is CCNC(COC)CN1CCCC(OC)C1. The summed E-state index contributed by atoms with van der Waals surface area (Å²) in [7, 11) is 3.57. The van der Waals surface area contributed by atoms with Gasteiger partial charge in [-0.3, -0.25) is 4.90 Å². The summed E-state index contributed by atoms with van der Waals surface area (Å²) < 4.78 is 10.7. The van der Waals surface area contributed by atoms with E-state index in [2.05, 4.69) is 17.1 Å². The Morgan fingerprint density at radius 3 is 2.88 bits per heavy atom. The van der Waals surface area contributed by atoms with Crippen LogP contribution < -0.4 is 5.32 Å². The quantitative estimate of drug-likeness (QED) is 0.699. The zero-order valence-corrected chi connectivity index (χ0v) is 10.9. The zero-order chi connectivity index (χ0) is 11.8. The maximum absolute atomic E-state index is 5.43. The largest absolute Gasteiger partial charge is 0.383 e. The molecule has 16 heavy (non-hydrogen) atoms. The molecule has 1 N–H and O–H groups in total. The average molecular weight is 230 g/mol.